The van der Waals surface area contributed by atoms with Gasteiger partial charge in [0.05, 0.1) is 11.1 Å². The zero-order chi connectivity index (χ0) is 28.0. The number of fused-ring (bicyclic) bond motifs is 1. The SMILES string of the molecule is CNC(=O)c1cc2c(cc1C(=O)NCC(=O)OC(C)(C)C)CN(C(=O)CCCNC(=O)OC(C)(C)C)C2. The first-order valence-corrected chi connectivity index (χ1v) is 12.2. The van der Waals surface area contributed by atoms with Crippen LogP contribution in [0.3, 0.4) is 0 Å². The summed E-state index contributed by atoms with van der Waals surface area (Å²) in [6.07, 6.45) is 0.120. The minimum atomic E-state index is -0.690. The quantitative estimate of drug-likeness (QED) is 0.354. The number of hydrogen-bond donors (Lipinski definition) is 3. The lowest BCUT2D eigenvalue weighted by atomic mass is 9.98. The number of carbonyl (C=O) groups excluding carboxylic acids is 5. The summed E-state index contributed by atoms with van der Waals surface area (Å²) in [6, 6.07) is 3.19. The highest BCUT2D eigenvalue weighted by molar-refractivity contribution is 6.08. The van der Waals surface area contributed by atoms with Crippen molar-refractivity contribution in [3.05, 3.63) is 34.4 Å². The van der Waals surface area contributed by atoms with Gasteiger partial charge < -0.3 is 30.3 Å². The minimum Gasteiger partial charge on any atom is -0.459 e. The number of amides is 4. The zero-order valence-electron chi connectivity index (χ0n) is 22.7. The fourth-order valence-electron chi connectivity index (χ4n) is 3.67. The Balaban J connectivity index is 2.02. The molecule has 1 aliphatic rings. The second kappa shape index (κ2) is 12.1. The van der Waals surface area contributed by atoms with E-state index in [4.69, 9.17) is 9.47 Å². The fourth-order valence-corrected chi connectivity index (χ4v) is 3.67. The number of alkyl carbamates (subject to hydrolysis) is 1. The summed E-state index contributed by atoms with van der Waals surface area (Å²) in [7, 11) is 1.46. The van der Waals surface area contributed by atoms with Crippen molar-refractivity contribution in [3.63, 3.8) is 0 Å². The molecule has 0 atom stereocenters. The van der Waals surface area contributed by atoms with Crippen LogP contribution in [0.2, 0.25) is 0 Å². The first-order valence-electron chi connectivity index (χ1n) is 12.2. The molecule has 204 valence electrons. The molecule has 0 aliphatic carbocycles. The monoisotopic (exact) mass is 518 g/mol. The van der Waals surface area contributed by atoms with E-state index in [2.05, 4.69) is 16.0 Å². The molecular formula is C26H38N4O7. The molecule has 1 heterocycles. The average Bonchev–Trinajstić information content (AvgIpc) is 3.19. The van der Waals surface area contributed by atoms with Gasteiger partial charge in [-0.05, 0) is 71.2 Å². The number of carbonyl (C=O) groups is 5. The summed E-state index contributed by atoms with van der Waals surface area (Å²) in [5.74, 6) is -1.76. The number of nitrogens with one attached hydrogen (secondary N) is 3. The lowest BCUT2D eigenvalue weighted by molar-refractivity contribution is -0.153. The smallest absolute Gasteiger partial charge is 0.407 e. The van der Waals surface area contributed by atoms with Crippen LogP contribution in [0.1, 0.15) is 86.2 Å². The van der Waals surface area contributed by atoms with Crippen LogP contribution in [0.15, 0.2) is 12.1 Å². The average molecular weight is 519 g/mol. The summed E-state index contributed by atoms with van der Waals surface area (Å²) in [5.41, 5.74) is 0.485. The first kappa shape index (κ1) is 29.6. The summed E-state index contributed by atoms with van der Waals surface area (Å²) in [6.45, 7) is 11.0. The second-order valence-electron chi connectivity index (χ2n) is 10.8. The lowest BCUT2D eigenvalue weighted by Gasteiger charge is -2.20. The lowest BCUT2D eigenvalue weighted by Crippen LogP contribution is -2.35. The van der Waals surface area contributed by atoms with E-state index < -0.39 is 35.1 Å². The van der Waals surface area contributed by atoms with Crippen molar-refractivity contribution >= 4 is 29.8 Å². The Morgan fingerprint density at radius 3 is 1.89 bits per heavy atom. The molecule has 0 radical (unpaired) electrons. The van der Waals surface area contributed by atoms with Gasteiger partial charge in [0.25, 0.3) is 11.8 Å². The molecule has 1 aliphatic heterocycles. The molecule has 0 unspecified atom stereocenters. The van der Waals surface area contributed by atoms with Crippen molar-refractivity contribution in [2.45, 2.75) is 78.7 Å². The van der Waals surface area contributed by atoms with Crippen LogP contribution in [-0.2, 0) is 32.2 Å². The molecule has 0 fully saturated rings. The standard InChI is InChI=1S/C26H38N4O7/c1-25(2,3)36-21(32)13-29-23(34)19-12-17-15-30(14-16(17)11-18(19)22(33)27-7)20(31)9-8-10-28-24(35)37-26(4,5)6/h11-12H,8-10,13-15H2,1-7H3,(H,27,33)(H,28,35)(H,29,34). The van der Waals surface area contributed by atoms with Crippen molar-refractivity contribution in [1.29, 1.82) is 0 Å². The highest BCUT2D eigenvalue weighted by Crippen LogP contribution is 2.27. The molecule has 0 aromatic heterocycles. The van der Waals surface area contributed by atoms with E-state index in [1.54, 1.807) is 58.6 Å². The molecule has 37 heavy (non-hydrogen) atoms. The molecule has 4 amide bonds. The van der Waals surface area contributed by atoms with Gasteiger partial charge in [0.1, 0.15) is 17.7 Å². The molecular weight excluding hydrogens is 480 g/mol. The number of rotatable bonds is 8. The van der Waals surface area contributed by atoms with Gasteiger partial charge in [0.2, 0.25) is 5.91 Å². The Morgan fingerprint density at radius 1 is 0.838 bits per heavy atom. The van der Waals surface area contributed by atoms with Crippen LogP contribution >= 0.6 is 0 Å². The van der Waals surface area contributed by atoms with Crippen molar-refractivity contribution in [1.82, 2.24) is 20.9 Å². The van der Waals surface area contributed by atoms with Gasteiger partial charge in [-0.3, -0.25) is 19.2 Å². The Morgan fingerprint density at radius 2 is 1.38 bits per heavy atom. The van der Waals surface area contributed by atoms with E-state index in [0.717, 1.165) is 11.1 Å². The van der Waals surface area contributed by atoms with Crippen molar-refractivity contribution < 1.29 is 33.4 Å². The van der Waals surface area contributed by atoms with Crippen LogP contribution in [0.5, 0.6) is 0 Å². The van der Waals surface area contributed by atoms with Crippen molar-refractivity contribution in [2.24, 2.45) is 0 Å². The Labute approximate surface area is 217 Å². The van der Waals surface area contributed by atoms with Gasteiger partial charge in [-0.2, -0.15) is 0 Å². The third-order valence-corrected chi connectivity index (χ3v) is 5.18. The maximum absolute atomic E-state index is 12.9. The van der Waals surface area contributed by atoms with E-state index in [9.17, 15) is 24.0 Å². The highest BCUT2D eigenvalue weighted by Gasteiger charge is 2.28. The summed E-state index contributed by atoms with van der Waals surface area (Å²) in [4.78, 5) is 63.5. The maximum atomic E-state index is 12.9. The normalized spacial score (nSPS) is 12.9. The van der Waals surface area contributed by atoms with Crippen molar-refractivity contribution in [3.8, 4) is 0 Å². The van der Waals surface area contributed by atoms with E-state index in [1.165, 1.54) is 7.05 Å². The first-order chi connectivity index (χ1) is 17.1. The molecule has 2 rings (SSSR count). The number of ether oxygens (including phenoxy) is 2. The minimum absolute atomic E-state index is 0.109. The molecule has 0 saturated heterocycles. The van der Waals surface area contributed by atoms with Gasteiger partial charge >= 0.3 is 12.1 Å². The van der Waals surface area contributed by atoms with Gasteiger partial charge in [-0.15, -0.1) is 0 Å². The van der Waals surface area contributed by atoms with E-state index in [0.29, 0.717) is 19.5 Å². The third-order valence-electron chi connectivity index (χ3n) is 5.18. The third kappa shape index (κ3) is 9.40. The summed E-state index contributed by atoms with van der Waals surface area (Å²) >= 11 is 0. The molecule has 11 nitrogen and oxygen atoms in total. The topological polar surface area (TPSA) is 143 Å². The van der Waals surface area contributed by atoms with Gasteiger partial charge in [-0.1, -0.05) is 0 Å². The number of benzene rings is 1. The van der Waals surface area contributed by atoms with E-state index in [1.807, 2.05) is 0 Å². The van der Waals surface area contributed by atoms with E-state index >= 15 is 0 Å². The maximum Gasteiger partial charge on any atom is 0.407 e. The molecule has 0 bridgehead atoms. The Hall–Kier alpha value is -3.63. The van der Waals surface area contributed by atoms with Crippen LogP contribution < -0.4 is 16.0 Å². The van der Waals surface area contributed by atoms with E-state index in [-0.39, 0.29) is 36.5 Å². The molecule has 0 saturated carbocycles. The Bertz CT molecular complexity index is 1050. The summed E-state index contributed by atoms with van der Waals surface area (Å²) in [5, 5.41) is 7.65. The van der Waals surface area contributed by atoms with Crippen LogP contribution in [0.4, 0.5) is 4.79 Å². The van der Waals surface area contributed by atoms with Crippen LogP contribution in [0.25, 0.3) is 0 Å². The van der Waals surface area contributed by atoms with Gasteiger partial charge in [0.15, 0.2) is 0 Å². The number of hydrogen-bond acceptors (Lipinski definition) is 7. The second-order valence-corrected chi connectivity index (χ2v) is 10.8. The van der Waals surface area contributed by atoms with Crippen LogP contribution in [-0.4, -0.2) is 66.0 Å². The number of nitrogens with zero attached hydrogens (tertiary/aromatic N) is 1. The van der Waals surface area contributed by atoms with Crippen molar-refractivity contribution in [2.75, 3.05) is 20.1 Å². The molecule has 11 heteroatoms. The fraction of sp³-hybridized carbons (Fsp3) is 0.577. The van der Waals surface area contributed by atoms with Gasteiger partial charge in [-0.25, -0.2) is 4.79 Å². The molecule has 1 aromatic carbocycles. The highest BCUT2D eigenvalue weighted by atomic mass is 16.6. The Kier molecular flexibility index (Phi) is 9.66. The summed E-state index contributed by atoms with van der Waals surface area (Å²) < 4.78 is 10.4. The largest absolute Gasteiger partial charge is 0.459 e. The number of esters is 1. The van der Waals surface area contributed by atoms with Crippen LogP contribution in [0, 0.1) is 0 Å². The molecule has 3 N–H and O–H groups in total. The molecule has 0 spiro atoms. The predicted octanol–water partition coefficient (Wildman–Crippen LogP) is 2.26. The zero-order valence-corrected chi connectivity index (χ0v) is 22.7. The molecule has 1 aromatic rings. The predicted molar refractivity (Wildman–Crippen MR) is 136 cm³/mol. The van der Waals surface area contributed by atoms with Gasteiger partial charge in [0, 0.05) is 33.1 Å².